The van der Waals surface area contributed by atoms with E-state index in [4.69, 9.17) is 4.74 Å². The summed E-state index contributed by atoms with van der Waals surface area (Å²) in [5.41, 5.74) is 0.414. The summed E-state index contributed by atoms with van der Waals surface area (Å²) in [5, 5.41) is 0. The Balaban J connectivity index is 2.74. The fourth-order valence-electron chi connectivity index (χ4n) is 1.77. The summed E-state index contributed by atoms with van der Waals surface area (Å²) < 4.78 is 5.47. The van der Waals surface area contributed by atoms with Crippen molar-refractivity contribution in [1.29, 1.82) is 0 Å². The van der Waals surface area contributed by atoms with E-state index in [9.17, 15) is 4.79 Å². The molecule has 1 aromatic carbocycles. The van der Waals surface area contributed by atoms with Crippen LogP contribution in [0.15, 0.2) is 30.3 Å². The summed E-state index contributed by atoms with van der Waals surface area (Å²) in [7, 11) is 0. The lowest BCUT2D eigenvalue weighted by Crippen LogP contribution is -2.33. The van der Waals surface area contributed by atoms with Gasteiger partial charge in [0, 0.05) is 0 Å². The molecule has 94 valence electrons. The first kappa shape index (κ1) is 13.8. The molecule has 2 heteroatoms. The van der Waals surface area contributed by atoms with Crippen LogP contribution >= 0.6 is 0 Å². The quantitative estimate of drug-likeness (QED) is 0.726. The molecule has 0 spiro atoms. The lowest BCUT2D eigenvalue weighted by Gasteiger charge is -2.25. The summed E-state index contributed by atoms with van der Waals surface area (Å²) in [4.78, 5) is 12.1. The van der Waals surface area contributed by atoms with Crippen LogP contribution in [0.25, 0.3) is 0 Å². The van der Waals surface area contributed by atoms with Gasteiger partial charge in [0.05, 0.1) is 11.5 Å². The number of hydrogen-bond acceptors (Lipinski definition) is 2. The van der Waals surface area contributed by atoms with Crippen molar-refractivity contribution in [2.75, 3.05) is 0 Å². The second kappa shape index (κ2) is 5.85. The molecule has 0 aliphatic heterocycles. The average Bonchev–Trinajstić information content (AvgIpc) is 2.30. The first-order chi connectivity index (χ1) is 7.98. The van der Waals surface area contributed by atoms with Gasteiger partial charge in [-0.25, -0.2) is 0 Å². The van der Waals surface area contributed by atoms with Crippen molar-refractivity contribution >= 4 is 5.97 Å². The van der Waals surface area contributed by atoms with Gasteiger partial charge < -0.3 is 4.74 Å². The molecule has 0 aliphatic rings. The van der Waals surface area contributed by atoms with E-state index in [1.54, 1.807) is 0 Å². The van der Waals surface area contributed by atoms with Crippen molar-refractivity contribution in [1.82, 2.24) is 0 Å². The van der Waals surface area contributed by atoms with Gasteiger partial charge in [-0.05, 0) is 32.8 Å². The molecule has 0 heterocycles. The van der Waals surface area contributed by atoms with E-state index >= 15 is 0 Å². The lowest BCUT2D eigenvalue weighted by atomic mass is 9.85. The van der Waals surface area contributed by atoms with Crippen molar-refractivity contribution in [3.05, 3.63) is 35.9 Å². The van der Waals surface area contributed by atoms with E-state index in [0.717, 1.165) is 18.4 Å². The number of carbonyl (C=O) groups excluding carboxylic acids is 1. The molecule has 0 N–H and O–H groups in total. The second-order valence-corrected chi connectivity index (χ2v) is 5.00. The molecule has 1 atom stereocenters. The zero-order valence-electron chi connectivity index (χ0n) is 11.2. The third-order valence-corrected chi connectivity index (χ3v) is 3.01. The predicted octanol–water partition coefficient (Wildman–Crippen LogP) is 3.70. The fraction of sp³-hybridized carbons (Fsp3) is 0.533. The average molecular weight is 234 g/mol. The number of ether oxygens (including phenoxy) is 1. The summed E-state index contributed by atoms with van der Waals surface area (Å²) in [6, 6.07) is 9.77. The molecule has 0 aliphatic carbocycles. The molecule has 0 radical (unpaired) electrons. The topological polar surface area (TPSA) is 26.3 Å². The second-order valence-electron chi connectivity index (χ2n) is 5.00. The van der Waals surface area contributed by atoms with Crippen LogP contribution in [0, 0.1) is 0 Å². The third-order valence-electron chi connectivity index (χ3n) is 3.01. The number of hydrogen-bond donors (Lipinski definition) is 0. The number of carbonyl (C=O) groups is 1. The Kier molecular flexibility index (Phi) is 4.73. The van der Waals surface area contributed by atoms with Gasteiger partial charge in [-0.2, -0.15) is 0 Å². The molecule has 17 heavy (non-hydrogen) atoms. The SMILES string of the molecule is CCCC(C)OC(=O)C(C)(C)c1ccccc1. The highest BCUT2D eigenvalue weighted by Crippen LogP contribution is 2.25. The smallest absolute Gasteiger partial charge is 0.316 e. The third kappa shape index (κ3) is 3.58. The highest BCUT2D eigenvalue weighted by molar-refractivity contribution is 5.82. The van der Waals surface area contributed by atoms with Gasteiger partial charge in [-0.3, -0.25) is 4.79 Å². The molecule has 0 fully saturated rings. The molecule has 0 amide bonds. The minimum absolute atomic E-state index is 0.00418. The zero-order chi connectivity index (χ0) is 12.9. The Bertz CT molecular complexity index is 354. The highest BCUT2D eigenvalue weighted by Gasteiger charge is 2.32. The van der Waals surface area contributed by atoms with Crippen molar-refractivity contribution in [3.63, 3.8) is 0 Å². The molecule has 0 saturated heterocycles. The maximum Gasteiger partial charge on any atom is 0.316 e. The molecule has 0 aromatic heterocycles. The normalized spacial score (nSPS) is 13.2. The summed E-state index contributed by atoms with van der Waals surface area (Å²) >= 11 is 0. The Labute approximate surface area is 104 Å². The van der Waals surface area contributed by atoms with E-state index in [2.05, 4.69) is 6.92 Å². The number of esters is 1. The first-order valence-electron chi connectivity index (χ1n) is 6.25. The zero-order valence-corrected chi connectivity index (χ0v) is 11.2. The van der Waals surface area contributed by atoms with Gasteiger partial charge in [0.15, 0.2) is 0 Å². The van der Waals surface area contributed by atoms with E-state index in [1.165, 1.54) is 0 Å². The van der Waals surface area contributed by atoms with Crippen molar-refractivity contribution in [2.45, 2.75) is 52.1 Å². The molecule has 0 bridgehead atoms. The Morgan fingerprint density at radius 3 is 2.41 bits per heavy atom. The Morgan fingerprint density at radius 1 is 1.29 bits per heavy atom. The van der Waals surface area contributed by atoms with Crippen LogP contribution in [0.4, 0.5) is 0 Å². The minimum Gasteiger partial charge on any atom is -0.462 e. The standard InChI is InChI=1S/C15H22O2/c1-5-9-12(2)17-14(16)15(3,4)13-10-7-6-8-11-13/h6-8,10-12H,5,9H2,1-4H3. The van der Waals surface area contributed by atoms with Crippen LogP contribution in [0.1, 0.15) is 46.1 Å². The highest BCUT2D eigenvalue weighted by atomic mass is 16.5. The summed E-state index contributed by atoms with van der Waals surface area (Å²) in [6.07, 6.45) is 1.94. The first-order valence-corrected chi connectivity index (χ1v) is 6.25. The maximum atomic E-state index is 12.1. The van der Waals surface area contributed by atoms with Crippen LogP contribution in [0.5, 0.6) is 0 Å². The van der Waals surface area contributed by atoms with Gasteiger partial charge in [0.2, 0.25) is 0 Å². The summed E-state index contributed by atoms with van der Waals surface area (Å²) in [6.45, 7) is 7.85. The van der Waals surface area contributed by atoms with Gasteiger partial charge in [0.1, 0.15) is 0 Å². The molecular weight excluding hydrogens is 212 g/mol. The molecule has 1 unspecified atom stereocenters. The van der Waals surface area contributed by atoms with E-state index in [-0.39, 0.29) is 12.1 Å². The van der Waals surface area contributed by atoms with Gasteiger partial charge in [0.25, 0.3) is 0 Å². The summed E-state index contributed by atoms with van der Waals surface area (Å²) in [5.74, 6) is -0.148. The Morgan fingerprint density at radius 2 is 1.88 bits per heavy atom. The molecule has 1 aromatic rings. The fourth-order valence-corrected chi connectivity index (χ4v) is 1.77. The molecule has 1 rings (SSSR count). The minimum atomic E-state index is -0.580. The molecular formula is C15H22O2. The predicted molar refractivity (Wildman–Crippen MR) is 69.9 cm³/mol. The van der Waals surface area contributed by atoms with Crippen LogP contribution in [-0.4, -0.2) is 12.1 Å². The van der Waals surface area contributed by atoms with Gasteiger partial charge in [-0.15, -0.1) is 0 Å². The maximum absolute atomic E-state index is 12.1. The van der Waals surface area contributed by atoms with Crippen molar-refractivity contribution in [3.8, 4) is 0 Å². The van der Waals surface area contributed by atoms with Crippen LogP contribution in [-0.2, 0) is 14.9 Å². The van der Waals surface area contributed by atoms with E-state index < -0.39 is 5.41 Å². The van der Waals surface area contributed by atoms with Gasteiger partial charge in [-0.1, -0.05) is 43.7 Å². The number of benzene rings is 1. The lowest BCUT2D eigenvalue weighted by molar-refractivity contribution is -0.154. The van der Waals surface area contributed by atoms with Crippen molar-refractivity contribution in [2.24, 2.45) is 0 Å². The largest absolute Gasteiger partial charge is 0.462 e. The molecule has 2 nitrogen and oxygen atoms in total. The Hall–Kier alpha value is -1.31. The number of rotatable bonds is 5. The van der Waals surface area contributed by atoms with E-state index in [1.807, 2.05) is 51.1 Å². The van der Waals surface area contributed by atoms with Gasteiger partial charge >= 0.3 is 5.97 Å². The van der Waals surface area contributed by atoms with E-state index in [0.29, 0.717) is 0 Å². The van der Waals surface area contributed by atoms with Crippen LogP contribution in [0.3, 0.4) is 0 Å². The van der Waals surface area contributed by atoms with Crippen LogP contribution < -0.4 is 0 Å². The van der Waals surface area contributed by atoms with Crippen molar-refractivity contribution < 1.29 is 9.53 Å². The monoisotopic (exact) mass is 234 g/mol. The van der Waals surface area contributed by atoms with Crippen LogP contribution in [0.2, 0.25) is 0 Å². The molecule has 0 saturated carbocycles.